The van der Waals surface area contributed by atoms with E-state index in [4.69, 9.17) is 9.47 Å². The van der Waals surface area contributed by atoms with Gasteiger partial charge in [-0.3, -0.25) is 9.59 Å². The first kappa shape index (κ1) is 21.0. The van der Waals surface area contributed by atoms with Crippen LogP contribution in [0.1, 0.15) is 32.3 Å². The highest BCUT2D eigenvalue weighted by Crippen LogP contribution is 2.15. The third-order valence-electron chi connectivity index (χ3n) is 3.66. The fraction of sp³-hybridized carbons (Fsp3) is 0.286. The third-order valence-corrected chi connectivity index (χ3v) is 3.66. The number of unbranched alkanes of at least 4 members (excludes halogenated alkanes) is 1. The van der Waals surface area contributed by atoms with Crippen LogP contribution in [0.4, 0.5) is 5.69 Å². The summed E-state index contributed by atoms with van der Waals surface area (Å²) >= 11 is 0. The molecule has 28 heavy (non-hydrogen) atoms. The molecule has 0 spiro atoms. The average molecular weight is 383 g/mol. The van der Waals surface area contributed by atoms with E-state index in [1.54, 1.807) is 24.3 Å². The molecule has 0 aromatic heterocycles. The molecule has 7 nitrogen and oxygen atoms in total. The highest BCUT2D eigenvalue weighted by Gasteiger charge is 2.12. The number of nitrogens with one attached hydrogen (secondary N) is 2. The molecule has 2 aromatic rings. The Morgan fingerprint density at radius 3 is 2.21 bits per heavy atom. The van der Waals surface area contributed by atoms with Gasteiger partial charge in [0.1, 0.15) is 11.5 Å². The Morgan fingerprint density at radius 1 is 0.929 bits per heavy atom. The average Bonchev–Trinajstić information content (AvgIpc) is 2.71. The van der Waals surface area contributed by atoms with Crippen LogP contribution in [-0.2, 0) is 9.59 Å². The zero-order valence-corrected chi connectivity index (χ0v) is 16.1. The largest absolute Gasteiger partial charge is 0.494 e. The summed E-state index contributed by atoms with van der Waals surface area (Å²) in [6.07, 6.45) is 3.54. The third kappa shape index (κ3) is 7.11. The lowest BCUT2D eigenvalue weighted by Crippen LogP contribution is -2.32. The van der Waals surface area contributed by atoms with Crippen molar-refractivity contribution < 1.29 is 19.1 Å². The number of carbonyl (C=O) groups is 2. The van der Waals surface area contributed by atoms with Crippen molar-refractivity contribution in [2.45, 2.75) is 26.7 Å². The fourth-order valence-electron chi connectivity index (χ4n) is 2.19. The van der Waals surface area contributed by atoms with Crippen LogP contribution >= 0.6 is 0 Å². The summed E-state index contributed by atoms with van der Waals surface area (Å²) in [5.74, 6) is -0.189. The summed E-state index contributed by atoms with van der Waals surface area (Å²) in [5.41, 5.74) is 3.47. The Balaban J connectivity index is 1.79. The maximum absolute atomic E-state index is 11.9. The molecule has 0 saturated carbocycles. The highest BCUT2D eigenvalue weighted by molar-refractivity contribution is 6.39. The second-order valence-corrected chi connectivity index (χ2v) is 5.88. The Hall–Kier alpha value is -3.35. The van der Waals surface area contributed by atoms with Crippen LogP contribution in [0.15, 0.2) is 53.6 Å². The minimum atomic E-state index is -0.857. The van der Waals surface area contributed by atoms with E-state index in [1.165, 1.54) is 6.21 Å². The Kier molecular flexibility index (Phi) is 8.52. The lowest BCUT2D eigenvalue weighted by atomic mass is 10.2. The highest BCUT2D eigenvalue weighted by atomic mass is 16.5. The molecule has 0 heterocycles. The van der Waals surface area contributed by atoms with Crippen molar-refractivity contribution in [1.82, 2.24) is 5.43 Å². The molecule has 0 fully saturated rings. The molecule has 0 aliphatic rings. The second kappa shape index (κ2) is 11.4. The second-order valence-electron chi connectivity index (χ2n) is 5.88. The van der Waals surface area contributed by atoms with Crippen LogP contribution in [0.3, 0.4) is 0 Å². The molecule has 0 aliphatic heterocycles. The van der Waals surface area contributed by atoms with Gasteiger partial charge in [0, 0.05) is 5.69 Å². The van der Waals surface area contributed by atoms with Crippen molar-refractivity contribution in [2.75, 3.05) is 18.5 Å². The number of anilines is 1. The minimum absolute atomic E-state index is 0.492. The summed E-state index contributed by atoms with van der Waals surface area (Å²) in [4.78, 5) is 23.7. The van der Waals surface area contributed by atoms with Crippen LogP contribution in [0.25, 0.3) is 0 Å². The van der Waals surface area contributed by atoms with Gasteiger partial charge in [-0.1, -0.05) is 13.3 Å². The molecule has 2 rings (SSSR count). The van der Waals surface area contributed by atoms with E-state index < -0.39 is 11.8 Å². The molecule has 2 amide bonds. The molecule has 2 aromatic carbocycles. The smallest absolute Gasteiger partial charge is 0.329 e. The summed E-state index contributed by atoms with van der Waals surface area (Å²) < 4.78 is 10.9. The van der Waals surface area contributed by atoms with E-state index in [0.29, 0.717) is 24.7 Å². The van der Waals surface area contributed by atoms with Crippen molar-refractivity contribution >= 4 is 23.7 Å². The number of ether oxygens (including phenoxy) is 2. The molecule has 0 radical (unpaired) electrons. The zero-order valence-electron chi connectivity index (χ0n) is 16.1. The van der Waals surface area contributed by atoms with E-state index in [0.717, 1.165) is 24.2 Å². The van der Waals surface area contributed by atoms with Gasteiger partial charge >= 0.3 is 11.8 Å². The van der Waals surface area contributed by atoms with Gasteiger partial charge in [0.05, 0.1) is 19.4 Å². The minimum Gasteiger partial charge on any atom is -0.494 e. The molecular weight excluding hydrogens is 358 g/mol. The van der Waals surface area contributed by atoms with E-state index in [9.17, 15) is 9.59 Å². The first-order valence-electron chi connectivity index (χ1n) is 9.22. The summed E-state index contributed by atoms with van der Waals surface area (Å²) in [6, 6.07) is 14.0. The lowest BCUT2D eigenvalue weighted by molar-refractivity contribution is -0.136. The van der Waals surface area contributed by atoms with Gasteiger partial charge in [0.2, 0.25) is 0 Å². The number of amides is 2. The normalized spacial score (nSPS) is 10.5. The number of nitrogens with zero attached hydrogens (tertiary/aromatic N) is 1. The lowest BCUT2D eigenvalue weighted by Gasteiger charge is -2.06. The van der Waals surface area contributed by atoms with E-state index in [1.807, 2.05) is 31.2 Å². The molecule has 7 heteroatoms. The zero-order chi connectivity index (χ0) is 20.2. The van der Waals surface area contributed by atoms with Crippen molar-refractivity contribution in [3.8, 4) is 11.5 Å². The number of hydrogen-bond donors (Lipinski definition) is 2. The first-order valence-corrected chi connectivity index (χ1v) is 9.22. The maximum atomic E-state index is 11.9. The Morgan fingerprint density at radius 2 is 1.57 bits per heavy atom. The molecule has 0 bridgehead atoms. The number of hydrazone groups is 1. The summed E-state index contributed by atoms with van der Waals surface area (Å²) in [6.45, 7) is 5.23. The molecule has 2 N–H and O–H groups in total. The molecule has 0 saturated heterocycles. The van der Waals surface area contributed by atoms with Crippen LogP contribution in [0.5, 0.6) is 11.5 Å². The van der Waals surface area contributed by atoms with E-state index in [-0.39, 0.29) is 0 Å². The van der Waals surface area contributed by atoms with Crippen molar-refractivity contribution in [1.29, 1.82) is 0 Å². The monoisotopic (exact) mass is 383 g/mol. The Labute approximate surface area is 164 Å². The van der Waals surface area contributed by atoms with E-state index >= 15 is 0 Å². The Bertz CT molecular complexity index is 786. The molecule has 148 valence electrons. The van der Waals surface area contributed by atoms with Gasteiger partial charge in [-0.2, -0.15) is 5.10 Å². The predicted molar refractivity (Wildman–Crippen MR) is 109 cm³/mol. The molecule has 0 atom stereocenters. The predicted octanol–water partition coefficient (Wildman–Crippen LogP) is 3.35. The maximum Gasteiger partial charge on any atom is 0.329 e. The molecular formula is C21H25N3O4. The van der Waals surface area contributed by atoms with Crippen LogP contribution < -0.4 is 20.2 Å². The first-order chi connectivity index (χ1) is 13.6. The van der Waals surface area contributed by atoms with Gasteiger partial charge in [0.25, 0.3) is 0 Å². The van der Waals surface area contributed by atoms with E-state index in [2.05, 4.69) is 22.8 Å². The van der Waals surface area contributed by atoms with Gasteiger partial charge in [-0.15, -0.1) is 0 Å². The summed E-state index contributed by atoms with van der Waals surface area (Å²) in [5, 5.41) is 6.30. The number of carbonyl (C=O) groups excluding carboxylic acids is 2. The van der Waals surface area contributed by atoms with Gasteiger partial charge in [-0.25, -0.2) is 5.43 Å². The van der Waals surface area contributed by atoms with Crippen LogP contribution in [0, 0.1) is 0 Å². The number of benzene rings is 2. The van der Waals surface area contributed by atoms with Crippen LogP contribution in [-0.4, -0.2) is 31.2 Å². The van der Waals surface area contributed by atoms with Gasteiger partial charge in [0.15, 0.2) is 0 Å². The summed E-state index contributed by atoms with van der Waals surface area (Å²) in [7, 11) is 0. The standard InChI is InChI=1S/C21H25N3O4/c1-3-5-14-28-19-10-6-16(7-11-19)15-22-24-21(26)20(25)23-17-8-12-18(13-9-17)27-4-2/h6-13,15H,3-5,14H2,1-2H3,(H,23,25)(H,24,26). The van der Waals surface area contributed by atoms with Crippen molar-refractivity contribution in [2.24, 2.45) is 5.10 Å². The number of rotatable bonds is 9. The van der Waals surface area contributed by atoms with Crippen molar-refractivity contribution in [3.63, 3.8) is 0 Å². The van der Waals surface area contributed by atoms with Crippen LogP contribution in [0.2, 0.25) is 0 Å². The SMILES string of the molecule is CCCCOc1ccc(C=NNC(=O)C(=O)Nc2ccc(OCC)cc2)cc1. The quantitative estimate of drug-likeness (QED) is 0.301. The fourth-order valence-corrected chi connectivity index (χ4v) is 2.19. The number of hydrogen-bond acceptors (Lipinski definition) is 5. The van der Waals surface area contributed by atoms with Gasteiger partial charge < -0.3 is 14.8 Å². The van der Waals surface area contributed by atoms with Crippen molar-refractivity contribution in [3.05, 3.63) is 54.1 Å². The molecule has 0 unspecified atom stereocenters. The topological polar surface area (TPSA) is 89.0 Å². The molecule has 0 aliphatic carbocycles. The van der Waals surface area contributed by atoms with Gasteiger partial charge in [-0.05, 0) is 67.4 Å².